The highest BCUT2D eigenvalue weighted by atomic mass is 32.2. The highest BCUT2D eigenvalue weighted by molar-refractivity contribution is 7.88. The average Bonchev–Trinajstić information content (AvgIpc) is 2.53. The van der Waals surface area contributed by atoms with E-state index in [0.717, 1.165) is 24.7 Å². The van der Waals surface area contributed by atoms with Gasteiger partial charge in [0.1, 0.15) is 0 Å². The molecule has 0 aliphatic carbocycles. The predicted molar refractivity (Wildman–Crippen MR) is 88.6 cm³/mol. The number of carbonyl (C=O) groups is 1. The molecule has 1 saturated heterocycles. The van der Waals surface area contributed by atoms with Crippen LogP contribution in [0.1, 0.15) is 18.4 Å². The highest BCUT2D eigenvalue weighted by Crippen LogP contribution is 2.17. The van der Waals surface area contributed by atoms with E-state index in [1.807, 2.05) is 30.3 Å². The fourth-order valence-electron chi connectivity index (χ4n) is 2.66. The van der Waals surface area contributed by atoms with Crippen LogP contribution in [0.5, 0.6) is 0 Å². The zero-order chi connectivity index (χ0) is 16.7. The summed E-state index contributed by atoms with van der Waals surface area (Å²) in [7, 11) is -3.19. The lowest BCUT2D eigenvalue weighted by Gasteiger charge is -2.32. The molecule has 1 unspecified atom stereocenters. The SMILES string of the molecule is CS(=O)(=O)NCC1CCCN(C(=O)OCCc2ccccc2)C1. The van der Waals surface area contributed by atoms with E-state index >= 15 is 0 Å². The summed E-state index contributed by atoms with van der Waals surface area (Å²) < 4.78 is 30.1. The Balaban J connectivity index is 1.73. The molecular formula is C16H24N2O4S. The molecule has 128 valence electrons. The second kappa shape index (κ2) is 8.31. The minimum atomic E-state index is -3.19. The van der Waals surface area contributed by atoms with Crippen LogP contribution in [0, 0.1) is 5.92 Å². The van der Waals surface area contributed by atoms with Gasteiger partial charge in [-0.3, -0.25) is 0 Å². The van der Waals surface area contributed by atoms with Crippen molar-refractivity contribution in [3.63, 3.8) is 0 Å². The van der Waals surface area contributed by atoms with Gasteiger partial charge in [-0.25, -0.2) is 17.9 Å². The number of piperidine rings is 1. The molecule has 7 heteroatoms. The molecular weight excluding hydrogens is 316 g/mol. The number of nitrogens with zero attached hydrogens (tertiary/aromatic N) is 1. The number of nitrogens with one attached hydrogen (secondary N) is 1. The third-order valence-corrected chi connectivity index (χ3v) is 4.56. The second-order valence-electron chi connectivity index (χ2n) is 5.92. The first kappa shape index (κ1) is 17.7. The van der Waals surface area contributed by atoms with E-state index in [-0.39, 0.29) is 12.0 Å². The van der Waals surface area contributed by atoms with E-state index < -0.39 is 10.0 Å². The number of rotatable bonds is 6. The van der Waals surface area contributed by atoms with Gasteiger partial charge in [0.25, 0.3) is 0 Å². The zero-order valence-corrected chi connectivity index (χ0v) is 14.2. The van der Waals surface area contributed by atoms with Gasteiger partial charge in [0.2, 0.25) is 10.0 Å². The Kier molecular flexibility index (Phi) is 6.41. The van der Waals surface area contributed by atoms with Crippen LogP contribution in [0.25, 0.3) is 0 Å². The van der Waals surface area contributed by atoms with Gasteiger partial charge in [-0.2, -0.15) is 0 Å². The van der Waals surface area contributed by atoms with Crippen LogP contribution in [-0.2, 0) is 21.2 Å². The zero-order valence-electron chi connectivity index (χ0n) is 13.4. The summed E-state index contributed by atoms with van der Waals surface area (Å²) in [5.74, 6) is 0.139. The third-order valence-electron chi connectivity index (χ3n) is 3.87. The molecule has 6 nitrogen and oxygen atoms in total. The number of amides is 1. The van der Waals surface area contributed by atoms with Crippen LogP contribution >= 0.6 is 0 Å². The van der Waals surface area contributed by atoms with Crippen LogP contribution in [-0.4, -0.2) is 51.9 Å². The van der Waals surface area contributed by atoms with Crippen molar-refractivity contribution in [2.75, 3.05) is 32.5 Å². The monoisotopic (exact) mass is 340 g/mol. The van der Waals surface area contributed by atoms with Gasteiger partial charge in [0, 0.05) is 26.1 Å². The van der Waals surface area contributed by atoms with Crippen LogP contribution in [0.2, 0.25) is 0 Å². The summed E-state index contributed by atoms with van der Waals surface area (Å²) >= 11 is 0. The number of carbonyl (C=O) groups excluding carboxylic acids is 1. The Labute approximate surface area is 137 Å². The van der Waals surface area contributed by atoms with Crippen LogP contribution in [0.3, 0.4) is 0 Å². The maximum atomic E-state index is 12.1. The third kappa shape index (κ3) is 6.58. The lowest BCUT2D eigenvalue weighted by molar-refractivity contribution is 0.0858. The van der Waals surface area contributed by atoms with Crippen LogP contribution < -0.4 is 4.72 Å². The molecule has 1 N–H and O–H groups in total. The molecule has 0 saturated carbocycles. The quantitative estimate of drug-likeness (QED) is 0.854. The van der Waals surface area contributed by atoms with Gasteiger partial charge in [0.15, 0.2) is 0 Å². The molecule has 1 fully saturated rings. The fourth-order valence-corrected chi connectivity index (χ4v) is 3.20. The molecule has 0 spiro atoms. The molecule has 0 bridgehead atoms. The van der Waals surface area contributed by atoms with Crippen LogP contribution in [0.15, 0.2) is 30.3 Å². The average molecular weight is 340 g/mol. The maximum absolute atomic E-state index is 12.1. The smallest absolute Gasteiger partial charge is 0.409 e. The molecule has 1 atom stereocenters. The number of benzene rings is 1. The lowest BCUT2D eigenvalue weighted by atomic mass is 9.99. The lowest BCUT2D eigenvalue weighted by Crippen LogP contribution is -2.43. The van der Waals surface area contributed by atoms with Crippen molar-refractivity contribution >= 4 is 16.1 Å². The highest BCUT2D eigenvalue weighted by Gasteiger charge is 2.25. The summed E-state index contributed by atoms with van der Waals surface area (Å²) in [5.41, 5.74) is 1.13. The van der Waals surface area contributed by atoms with E-state index in [1.165, 1.54) is 0 Å². The predicted octanol–water partition coefficient (Wildman–Crippen LogP) is 1.63. The molecule has 23 heavy (non-hydrogen) atoms. The van der Waals surface area contributed by atoms with Crippen LogP contribution in [0.4, 0.5) is 4.79 Å². The second-order valence-corrected chi connectivity index (χ2v) is 7.76. The molecule has 1 aromatic rings. The van der Waals surface area contributed by atoms with E-state index in [1.54, 1.807) is 4.90 Å². The van der Waals surface area contributed by atoms with Crippen molar-refractivity contribution in [1.29, 1.82) is 0 Å². The Morgan fingerprint density at radius 1 is 1.35 bits per heavy atom. The van der Waals surface area contributed by atoms with Crippen molar-refractivity contribution in [2.45, 2.75) is 19.3 Å². The Morgan fingerprint density at radius 2 is 2.09 bits per heavy atom. The summed E-state index contributed by atoms with van der Waals surface area (Å²) in [6.07, 6.45) is 3.30. The first-order valence-corrected chi connectivity index (χ1v) is 9.73. The molecule has 0 radical (unpaired) electrons. The maximum Gasteiger partial charge on any atom is 0.409 e. The van der Waals surface area contributed by atoms with Crippen molar-refractivity contribution < 1.29 is 17.9 Å². The number of hydrogen-bond acceptors (Lipinski definition) is 4. The first-order chi connectivity index (χ1) is 10.9. The fraction of sp³-hybridized carbons (Fsp3) is 0.562. The van der Waals surface area contributed by atoms with Gasteiger partial charge in [-0.05, 0) is 24.3 Å². The molecule has 1 aliphatic heterocycles. The standard InChI is InChI=1S/C16H24N2O4S/c1-23(20,21)17-12-15-8-5-10-18(13-15)16(19)22-11-9-14-6-3-2-4-7-14/h2-4,6-7,15,17H,5,8-13H2,1H3. The van der Waals surface area contributed by atoms with Crippen molar-refractivity contribution in [3.05, 3.63) is 35.9 Å². The minimum Gasteiger partial charge on any atom is -0.449 e. The van der Waals surface area contributed by atoms with Crippen molar-refractivity contribution in [3.8, 4) is 0 Å². The summed E-state index contributed by atoms with van der Waals surface area (Å²) in [6.45, 7) is 1.92. The van der Waals surface area contributed by atoms with Crippen molar-refractivity contribution in [2.24, 2.45) is 5.92 Å². The van der Waals surface area contributed by atoms with Gasteiger partial charge < -0.3 is 9.64 Å². The summed E-state index contributed by atoms with van der Waals surface area (Å²) in [6, 6.07) is 9.87. The Hall–Kier alpha value is -1.60. The molecule has 1 heterocycles. The number of hydrogen-bond donors (Lipinski definition) is 1. The largest absolute Gasteiger partial charge is 0.449 e. The molecule has 0 aromatic heterocycles. The van der Waals surface area contributed by atoms with E-state index in [2.05, 4.69) is 4.72 Å². The number of ether oxygens (including phenoxy) is 1. The normalized spacial score (nSPS) is 18.7. The van der Waals surface area contributed by atoms with Gasteiger partial charge in [0.05, 0.1) is 12.9 Å². The van der Waals surface area contributed by atoms with E-state index in [0.29, 0.717) is 32.7 Å². The Morgan fingerprint density at radius 3 is 2.78 bits per heavy atom. The number of likely N-dealkylation sites (tertiary alicyclic amines) is 1. The Bertz CT molecular complexity index is 604. The topological polar surface area (TPSA) is 75.7 Å². The van der Waals surface area contributed by atoms with E-state index in [4.69, 9.17) is 4.74 Å². The molecule has 1 amide bonds. The summed E-state index contributed by atoms with van der Waals surface area (Å²) in [4.78, 5) is 13.8. The molecule has 2 rings (SSSR count). The molecule has 1 aromatic carbocycles. The van der Waals surface area contributed by atoms with Gasteiger partial charge in [-0.15, -0.1) is 0 Å². The van der Waals surface area contributed by atoms with Gasteiger partial charge >= 0.3 is 6.09 Å². The number of sulfonamides is 1. The minimum absolute atomic E-state index is 0.139. The van der Waals surface area contributed by atoms with E-state index in [9.17, 15) is 13.2 Å². The first-order valence-electron chi connectivity index (χ1n) is 7.84. The van der Waals surface area contributed by atoms with Crippen molar-refractivity contribution in [1.82, 2.24) is 9.62 Å². The van der Waals surface area contributed by atoms with Gasteiger partial charge in [-0.1, -0.05) is 30.3 Å². The summed E-state index contributed by atoms with van der Waals surface area (Å²) in [5, 5.41) is 0. The molecule has 1 aliphatic rings.